The second kappa shape index (κ2) is 8.34. The van der Waals surface area contributed by atoms with Gasteiger partial charge in [-0.15, -0.1) is 0 Å². The summed E-state index contributed by atoms with van der Waals surface area (Å²) in [4.78, 5) is 19.6. The summed E-state index contributed by atoms with van der Waals surface area (Å²) in [5.41, 5.74) is 1.11. The molecule has 1 rings (SSSR count). The van der Waals surface area contributed by atoms with E-state index in [2.05, 4.69) is 17.2 Å². The van der Waals surface area contributed by atoms with Crippen LogP contribution >= 0.6 is 0 Å². The van der Waals surface area contributed by atoms with Crippen LogP contribution in [0.3, 0.4) is 0 Å². The summed E-state index contributed by atoms with van der Waals surface area (Å²) < 4.78 is 5.31. The fourth-order valence-electron chi connectivity index (χ4n) is 1.74. The van der Waals surface area contributed by atoms with E-state index in [-0.39, 0.29) is 12.5 Å². The van der Waals surface area contributed by atoms with Gasteiger partial charge in [0.2, 0.25) is 5.91 Å². The first-order chi connectivity index (χ1) is 9.95. The second-order valence-electron chi connectivity index (χ2n) is 5.21. The third kappa shape index (κ3) is 5.49. The number of aryl methyl sites for hydroxylation is 1. The van der Waals surface area contributed by atoms with Crippen LogP contribution in [0.2, 0.25) is 0 Å². The molecule has 118 valence electrons. The molecule has 1 heterocycles. The normalized spacial score (nSPS) is 11.4. The third-order valence-electron chi connectivity index (χ3n) is 3.13. The van der Waals surface area contributed by atoms with Crippen LogP contribution in [-0.2, 0) is 11.3 Å². The first kappa shape index (κ1) is 17.1. The molecular weight excluding hydrogens is 268 g/mol. The number of hydrogen-bond donors (Lipinski definition) is 1. The molecule has 1 amide bonds. The Labute approximate surface area is 126 Å². The number of carbonyl (C=O) groups excluding carboxylic acids is 1. The van der Waals surface area contributed by atoms with E-state index in [1.54, 1.807) is 25.3 Å². The van der Waals surface area contributed by atoms with Crippen LogP contribution in [0.4, 0.5) is 0 Å². The molecule has 0 spiro atoms. The third-order valence-corrected chi connectivity index (χ3v) is 3.13. The topological polar surface area (TPSA) is 61.1 Å². The van der Waals surface area contributed by atoms with Gasteiger partial charge in [0.1, 0.15) is 12.3 Å². The fraction of sp³-hybridized carbons (Fsp3) is 0.600. The lowest BCUT2D eigenvalue weighted by Crippen LogP contribution is -2.40. The van der Waals surface area contributed by atoms with E-state index in [4.69, 9.17) is 4.42 Å². The molecule has 0 unspecified atom stereocenters. The van der Waals surface area contributed by atoms with Gasteiger partial charge in [0.15, 0.2) is 5.96 Å². The van der Waals surface area contributed by atoms with Crippen molar-refractivity contribution in [2.45, 2.75) is 26.8 Å². The lowest BCUT2D eigenvalue weighted by Gasteiger charge is -2.22. The Balaban J connectivity index is 2.73. The first-order valence-electron chi connectivity index (χ1n) is 7.18. The summed E-state index contributed by atoms with van der Waals surface area (Å²) >= 11 is 0. The van der Waals surface area contributed by atoms with Crippen molar-refractivity contribution in [1.29, 1.82) is 0 Å². The summed E-state index contributed by atoms with van der Waals surface area (Å²) in [6, 6.07) is 1.95. The Bertz CT molecular complexity index is 480. The highest BCUT2D eigenvalue weighted by atomic mass is 16.3. The van der Waals surface area contributed by atoms with Crippen LogP contribution in [0, 0.1) is 6.92 Å². The molecule has 1 N–H and O–H groups in total. The summed E-state index contributed by atoms with van der Waals surface area (Å²) in [6.07, 6.45) is 2.68. The molecule has 0 aliphatic rings. The van der Waals surface area contributed by atoms with Crippen molar-refractivity contribution in [2.24, 2.45) is 4.99 Å². The van der Waals surface area contributed by atoms with Crippen molar-refractivity contribution >= 4 is 11.9 Å². The number of likely N-dealkylation sites (N-methyl/N-ethyl adjacent to an activating group) is 1. The van der Waals surface area contributed by atoms with E-state index in [1.807, 2.05) is 24.9 Å². The van der Waals surface area contributed by atoms with Crippen LogP contribution in [0.25, 0.3) is 0 Å². The predicted molar refractivity (Wildman–Crippen MR) is 84.2 cm³/mol. The van der Waals surface area contributed by atoms with Crippen molar-refractivity contribution in [3.63, 3.8) is 0 Å². The molecule has 6 nitrogen and oxygen atoms in total. The van der Waals surface area contributed by atoms with Gasteiger partial charge in [0, 0.05) is 39.8 Å². The quantitative estimate of drug-likeness (QED) is 0.637. The Kier molecular flexibility index (Phi) is 6.78. The smallest absolute Gasteiger partial charge is 0.243 e. The van der Waals surface area contributed by atoms with Gasteiger partial charge in [-0.1, -0.05) is 6.92 Å². The van der Waals surface area contributed by atoms with Gasteiger partial charge < -0.3 is 19.5 Å². The van der Waals surface area contributed by atoms with Crippen molar-refractivity contribution in [2.75, 3.05) is 34.2 Å². The van der Waals surface area contributed by atoms with Gasteiger partial charge in [0.05, 0.1) is 6.26 Å². The molecular formula is C15H26N4O2. The molecule has 0 bridgehead atoms. The van der Waals surface area contributed by atoms with Crippen LogP contribution < -0.4 is 5.32 Å². The van der Waals surface area contributed by atoms with Crippen LogP contribution in [0.1, 0.15) is 24.7 Å². The zero-order chi connectivity index (χ0) is 15.8. The SMILES string of the molecule is CCCNC(=NCC(=O)N(C)C)N(C)Cc1ccoc1C. The summed E-state index contributed by atoms with van der Waals surface area (Å²) in [5, 5.41) is 3.27. The minimum atomic E-state index is -0.0151. The molecule has 0 atom stereocenters. The number of furan rings is 1. The Morgan fingerprint density at radius 2 is 2.10 bits per heavy atom. The number of rotatable bonds is 6. The van der Waals surface area contributed by atoms with E-state index >= 15 is 0 Å². The lowest BCUT2D eigenvalue weighted by molar-refractivity contribution is -0.127. The number of amides is 1. The summed E-state index contributed by atoms with van der Waals surface area (Å²) in [6.45, 7) is 5.69. The van der Waals surface area contributed by atoms with Gasteiger partial charge in [0.25, 0.3) is 0 Å². The van der Waals surface area contributed by atoms with Crippen molar-refractivity contribution < 1.29 is 9.21 Å². The Morgan fingerprint density at radius 3 is 2.62 bits per heavy atom. The van der Waals surface area contributed by atoms with Gasteiger partial charge >= 0.3 is 0 Å². The molecule has 0 fully saturated rings. The lowest BCUT2D eigenvalue weighted by atomic mass is 10.2. The number of nitrogens with one attached hydrogen (secondary N) is 1. The van der Waals surface area contributed by atoms with E-state index < -0.39 is 0 Å². The highest BCUT2D eigenvalue weighted by Crippen LogP contribution is 2.11. The maximum atomic E-state index is 11.7. The summed E-state index contributed by atoms with van der Waals surface area (Å²) in [5.74, 6) is 1.62. The molecule has 1 aromatic rings. The molecule has 0 aliphatic carbocycles. The number of nitrogens with zero attached hydrogens (tertiary/aromatic N) is 3. The molecule has 0 saturated carbocycles. The van der Waals surface area contributed by atoms with Gasteiger partial charge in [-0.2, -0.15) is 0 Å². The highest BCUT2D eigenvalue weighted by Gasteiger charge is 2.11. The van der Waals surface area contributed by atoms with E-state index in [9.17, 15) is 4.79 Å². The van der Waals surface area contributed by atoms with Gasteiger partial charge in [-0.25, -0.2) is 4.99 Å². The number of aliphatic imine (C=N–C) groups is 1. The molecule has 0 saturated heterocycles. The Morgan fingerprint density at radius 1 is 1.38 bits per heavy atom. The minimum Gasteiger partial charge on any atom is -0.469 e. The first-order valence-corrected chi connectivity index (χ1v) is 7.18. The van der Waals surface area contributed by atoms with E-state index in [0.29, 0.717) is 6.54 Å². The maximum absolute atomic E-state index is 11.7. The Hall–Kier alpha value is -1.98. The highest BCUT2D eigenvalue weighted by molar-refractivity contribution is 5.84. The van der Waals surface area contributed by atoms with Crippen molar-refractivity contribution in [3.8, 4) is 0 Å². The zero-order valence-corrected chi connectivity index (χ0v) is 13.6. The molecule has 1 aromatic heterocycles. The number of guanidine groups is 1. The average molecular weight is 294 g/mol. The monoisotopic (exact) mass is 294 g/mol. The van der Waals surface area contributed by atoms with Crippen LogP contribution in [0.5, 0.6) is 0 Å². The average Bonchev–Trinajstić information content (AvgIpc) is 2.83. The number of carbonyl (C=O) groups is 1. The van der Waals surface area contributed by atoms with Crippen molar-refractivity contribution in [3.05, 3.63) is 23.7 Å². The molecule has 6 heteroatoms. The number of hydrogen-bond acceptors (Lipinski definition) is 3. The molecule has 0 aliphatic heterocycles. The van der Waals surface area contributed by atoms with Crippen LogP contribution in [-0.4, -0.2) is 55.9 Å². The predicted octanol–water partition coefficient (Wildman–Crippen LogP) is 1.46. The summed E-state index contributed by atoms with van der Waals surface area (Å²) in [7, 11) is 5.42. The molecule has 0 aromatic carbocycles. The largest absolute Gasteiger partial charge is 0.469 e. The van der Waals surface area contributed by atoms with E-state index in [1.165, 1.54) is 0 Å². The molecule has 0 radical (unpaired) electrons. The van der Waals surface area contributed by atoms with Gasteiger partial charge in [-0.3, -0.25) is 4.79 Å². The second-order valence-corrected chi connectivity index (χ2v) is 5.21. The molecule has 21 heavy (non-hydrogen) atoms. The minimum absolute atomic E-state index is 0.0151. The standard InChI is InChI=1S/C15H26N4O2/c1-6-8-16-15(17-10-14(20)18(3)4)19(5)11-13-7-9-21-12(13)2/h7,9H,6,8,10-11H2,1-5H3,(H,16,17). The fourth-order valence-corrected chi connectivity index (χ4v) is 1.74. The maximum Gasteiger partial charge on any atom is 0.243 e. The van der Waals surface area contributed by atoms with E-state index in [0.717, 1.165) is 30.2 Å². The van der Waals surface area contributed by atoms with Crippen molar-refractivity contribution in [1.82, 2.24) is 15.1 Å². The van der Waals surface area contributed by atoms with Crippen LogP contribution in [0.15, 0.2) is 21.7 Å². The van der Waals surface area contributed by atoms with Gasteiger partial charge in [-0.05, 0) is 19.4 Å². The zero-order valence-electron chi connectivity index (χ0n) is 13.6.